The van der Waals surface area contributed by atoms with E-state index in [1.165, 1.54) is 6.92 Å². The third-order valence-electron chi connectivity index (χ3n) is 11.1. The van der Waals surface area contributed by atoms with Crippen LogP contribution < -0.4 is 10.6 Å². The summed E-state index contributed by atoms with van der Waals surface area (Å²) in [6, 6.07) is -3.23. The lowest BCUT2D eigenvalue weighted by atomic mass is 9.94. The van der Waals surface area contributed by atoms with E-state index in [9.17, 15) is 81.1 Å². The van der Waals surface area contributed by atoms with E-state index in [-0.39, 0.29) is 0 Å². The molecule has 27 nitrogen and oxygen atoms in total. The second-order valence-electron chi connectivity index (χ2n) is 15.4. The highest BCUT2D eigenvalue weighted by molar-refractivity contribution is 5.73. The third kappa shape index (κ3) is 10.9. The first kappa shape index (κ1) is 50.0. The summed E-state index contributed by atoms with van der Waals surface area (Å²) in [5.41, 5.74) is 0. The molecule has 27 heteroatoms. The van der Waals surface area contributed by atoms with Crippen molar-refractivity contribution in [1.82, 2.24) is 10.6 Å². The molecule has 0 bridgehead atoms. The Balaban J connectivity index is 1.34. The van der Waals surface area contributed by atoms with Gasteiger partial charge in [-0.25, -0.2) is 0 Å². The zero-order chi connectivity index (χ0) is 45.2. The number of rotatable bonds is 14. The normalized spacial score (nSPS) is 49.6. The van der Waals surface area contributed by atoms with Crippen LogP contribution in [0.1, 0.15) is 20.8 Å². The van der Waals surface area contributed by atoms with Crippen molar-refractivity contribution in [2.45, 2.75) is 174 Å². The lowest BCUT2D eigenvalue weighted by Gasteiger charge is -2.50. The standard InChI is InChI=1S/C34H58N2O25/c1-8-17(42)21(46)24(49)32(54-8)53-7-14-29(19(44)15(30(52)55-14)35-9(2)40)59-31-16(36-10(3)41)20(45)27(12(5-38)57-31)60-34-26(51)23(48)28(13(6-39)58-34)61-33-25(50)22(47)18(43)11(4-37)56-33/h8,11-34,37-39,42-52H,4-7H2,1-3H3,(H,35,40)(H,36,41)/t8-,11+,12+,13+,14+,15+,16+,17+,18+,19+,20+,21+,22-,23+,24-,25-,26-,27+,28+,29+,30+,31-,32+,33-,34-/m0/s1. The third-order valence-corrected chi connectivity index (χ3v) is 11.1. The maximum Gasteiger partial charge on any atom is 0.217 e. The van der Waals surface area contributed by atoms with Crippen molar-refractivity contribution in [3.05, 3.63) is 0 Å². The molecule has 5 heterocycles. The van der Waals surface area contributed by atoms with Crippen LogP contribution >= 0.6 is 0 Å². The summed E-state index contributed by atoms with van der Waals surface area (Å²) < 4.78 is 51.0. The molecular formula is C34H58N2O25. The number of aliphatic hydroxyl groups is 14. The Labute approximate surface area is 346 Å². The Morgan fingerprint density at radius 1 is 0.459 bits per heavy atom. The van der Waals surface area contributed by atoms with E-state index in [0.717, 1.165) is 13.8 Å². The molecule has 5 rings (SSSR count). The molecule has 5 aliphatic rings. The van der Waals surface area contributed by atoms with Gasteiger partial charge in [0.05, 0.1) is 32.5 Å². The van der Waals surface area contributed by atoms with Gasteiger partial charge in [-0.2, -0.15) is 0 Å². The molecule has 5 fully saturated rings. The highest BCUT2D eigenvalue weighted by atomic mass is 16.8. The Kier molecular flexibility index (Phi) is 17.5. The summed E-state index contributed by atoms with van der Waals surface area (Å²) in [4.78, 5) is 24.5. The van der Waals surface area contributed by atoms with Crippen LogP contribution in [0.15, 0.2) is 0 Å². The maximum absolute atomic E-state index is 12.5. The summed E-state index contributed by atoms with van der Waals surface area (Å²) in [6.07, 6.45) is -40.0. The van der Waals surface area contributed by atoms with E-state index in [4.69, 9.17) is 42.6 Å². The van der Waals surface area contributed by atoms with E-state index in [2.05, 4.69) is 10.6 Å². The van der Waals surface area contributed by atoms with Gasteiger partial charge in [-0.05, 0) is 6.92 Å². The number of nitrogens with one attached hydrogen (secondary N) is 2. The number of ether oxygens (including phenoxy) is 9. The highest BCUT2D eigenvalue weighted by Gasteiger charge is 2.56. The molecule has 0 saturated carbocycles. The molecule has 0 aromatic rings. The minimum absolute atomic E-state index is 0.676. The molecule has 0 aromatic heterocycles. The summed E-state index contributed by atoms with van der Waals surface area (Å²) in [5, 5.41) is 152. The Hall–Kier alpha value is -1.98. The summed E-state index contributed by atoms with van der Waals surface area (Å²) in [6.45, 7) is 0.104. The molecule has 5 aliphatic heterocycles. The molecule has 0 aromatic carbocycles. The monoisotopic (exact) mass is 894 g/mol. The van der Waals surface area contributed by atoms with Gasteiger partial charge >= 0.3 is 0 Å². The van der Waals surface area contributed by atoms with Gasteiger partial charge in [-0.1, -0.05) is 0 Å². The summed E-state index contributed by atoms with van der Waals surface area (Å²) >= 11 is 0. The minimum atomic E-state index is -2.09. The lowest BCUT2D eigenvalue weighted by Crippen LogP contribution is -2.70. The first-order valence-electron chi connectivity index (χ1n) is 19.4. The van der Waals surface area contributed by atoms with Crippen molar-refractivity contribution < 1.29 is 124 Å². The van der Waals surface area contributed by atoms with Crippen molar-refractivity contribution in [1.29, 1.82) is 0 Å². The molecule has 25 atom stereocenters. The van der Waals surface area contributed by atoms with Gasteiger partial charge in [-0.15, -0.1) is 0 Å². The van der Waals surface area contributed by atoms with Gasteiger partial charge in [0.1, 0.15) is 116 Å². The number of hydrogen-bond donors (Lipinski definition) is 16. The quantitative estimate of drug-likeness (QED) is 0.0770. The number of carbonyl (C=O) groups excluding carboxylic acids is 2. The van der Waals surface area contributed by atoms with Crippen LogP contribution in [0.2, 0.25) is 0 Å². The SMILES string of the molecule is CC(=O)N[C@@H]1[C@@H](O)[C@H](O[C@@H]2O[C@H](CO)[C@@H](O[C@@H]3O[C@H](CO)[C@@H](O[C@@H]4O[C@H](CO)[C@@H](O)[C@H](O)[C@@H]4O)[C@H](O)[C@@H]3O)[C@H](O)[C@H]2NC(C)=O)[C@@H](CO[C@@H]2O[C@@H](C)[C@@H](O)[C@@H](O)[C@@H]2O)O[C@H]1O. The van der Waals surface area contributed by atoms with Gasteiger partial charge in [0.2, 0.25) is 11.8 Å². The van der Waals surface area contributed by atoms with Crippen molar-refractivity contribution in [2.24, 2.45) is 0 Å². The summed E-state index contributed by atoms with van der Waals surface area (Å²) in [7, 11) is 0. The Morgan fingerprint density at radius 2 is 0.885 bits per heavy atom. The largest absolute Gasteiger partial charge is 0.394 e. The molecule has 0 spiro atoms. The van der Waals surface area contributed by atoms with Crippen molar-refractivity contribution in [3.8, 4) is 0 Å². The fourth-order valence-electron chi connectivity index (χ4n) is 7.69. The summed E-state index contributed by atoms with van der Waals surface area (Å²) in [5.74, 6) is -1.50. The van der Waals surface area contributed by atoms with Crippen LogP contribution in [-0.2, 0) is 52.2 Å². The molecule has 354 valence electrons. The van der Waals surface area contributed by atoms with E-state index in [1.54, 1.807) is 0 Å². The van der Waals surface area contributed by atoms with Crippen LogP contribution in [0.3, 0.4) is 0 Å². The zero-order valence-electron chi connectivity index (χ0n) is 33.0. The predicted octanol–water partition coefficient (Wildman–Crippen LogP) is -10.6. The number of hydrogen-bond acceptors (Lipinski definition) is 25. The van der Waals surface area contributed by atoms with Gasteiger partial charge in [-0.3, -0.25) is 9.59 Å². The van der Waals surface area contributed by atoms with Crippen molar-refractivity contribution in [2.75, 3.05) is 26.4 Å². The van der Waals surface area contributed by atoms with Crippen LogP contribution in [0.25, 0.3) is 0 Å². The molecule has 16 N–H and O–H groups in total. The van der Waals surface area contributed by atoms with Gasteiger partial charge in [0, 0.05) is 13.8 Å². The maximum atomic E-state index is 12.5. The van der Waals surface area contributed by atoms with E-state index >= 15 is 0 Å². The smallest absolute Gasteiger partial charge is 0.217 e. The van der Waals surface area contributed by atoms with Crippen LogP contribution in [0.4, 0.5) is 0 Å². The fourth-order valence-corrected chi connectivity index (χ4v) is 7.69. The molecular weight excluding hydrogens is 836 g/mol. The first-order chi connectivity index (χ1) is 28.7. The Bertz CT molecular complexity index is 1420. The fraction of sp³-hybridized carbons (Fsp3) is 0.941. The van der Waals surface area contributed by atoms with Crippen LogP contribution in [0, 0.1) is 0 Å². The minimum Gasteiger partial charge on any atom is -0.394 e. The lowest BCUT2D eigenvalue weighted by molar-refractivity contribution is -0.379. The zero-order valence-corrected chi connectivity index (χ0v) is 33.0. The molecule has 5 saturated heterocycles. The topological polar surface area (TPSA) is 424 Å². The van der Waals surface area contributed by atoms with Gasteiger partial charge in [0.15, 0.2) is 31.5 Å². The molecule has 0 aliphatic carbocycles. The van der Waals surface area contributed by atoms with Crippen LogP contribution in [0.5, 0.6) is 0 Å². The van der Waals surface area contributed by atoms with Gasteiger partial charge < -0.3 is 125 Å². The second-order valence-corrected chi connectivity index (χ2v) is 15.4. The highest BCUT2D eigenvalue weighted by Crippen LogP contribution is 2.35. The second kappa shape index (κ2) is 21.3. The first-order valence-corrected chi connectivity index (χ1v) is 19.4. The average molecular weight is 895 g/mol. The van der Waals surface area contributed by atoms with Gasteiger partial charge in [0.25, 0.3) is 0 Å². The Morgan fingerprint density at radius 3 is 1.44 bits per heavy atom. The predicted molar refractivity (Wildman–Crippen MR) is 188 cm³/mol. The van der Waals surface area contributed by atoms with Crippen molar-refractivity contribution >= 4 is 11.8 Å². The number of aliphatic hydroxyl groups excluding tert-OH is 14. The molecule has 2 amide bonds. The number of carbonyl (C=O) groups is 2. The molecule has 0 unspecified atom stereocenters. The van der Waals surface area contributed by atoms with Crippen molar-refractivity contribution in [3.63, 3.8) is 0 Å². The molecule has 0 radical (unpaired) electrons. The average Bonchev–Trinajstić information content (AvgIpc) is 3.21. The van der Waals surface area contributed by atoms with Crippen LogP contribution in [-0.4, -0.2) is 263 Å². The van der Waals surface area contributed by atoms with E-state index in [0.29, 0.717) is 0 Å². The number of amides is 2. The van der Waals surface area contributed by atoms with E-state index in [1.807, 2.05) is 0 Å². The molecule has 61 heavy (non-hydrogen) atoms. The van der Waals surface area contributed by atoms with E-state index < -0.39 is 192 Å².